The lowest BCUT2D eigenvalue weighted by molar-refractivity contribution is -0.138. The van der Waals surface area contributed by atoms with Crippen LogP contribution in [0, 0.1) is 0 Å². The van der Waals surface area contributed by atoms with Gasteiger partial charge in [-0.3, -0.25) is 0 Å². The Labute approximate surface area is 208 Å². The van der Waals surface area contributed by atoms with Gasteiger partial charge in [-0.25, -0.2) is 9.97 Å². The molecule has 37 heavy (non-hydrogen) atoms. The Morgan fingerprint density at radius 2 is 1.38 bits per heavy atom. The molecule has 4 aromatic rings. The molecule has 0 saturated carbocycles. The van der Waals surface area contributed by atoms with Crippen LogP contribution in [0.15, 0.2) is 72.9 Å². The SMILES string of the molecule is FC(F)(F)c1cccc(-c2nc(N3CCN(c4ncccc4C(F)(F)F)CC3)[nH]c2-c2ccccc2)c1. The molecule has 1 saturated heterocycles. The van der Waals surface area contributed by atoms with Crippen molar-refractivity contribution in [3.63, 3.8) is 0 Å². The predicted molar refractivity (Wildman–Crippen MR) is 128 cm³/mol. The number of nitrogens with one attached hydrogen (secondary N) is 1. The molecule has 3 heterocycles. The number of aromatic nitrogens is 3. The molecule has 1 fully saturated rings. The van der Waals surface area contributed by atoms with E-state index in [-0.39, 0.29) is 18.9 Å². The quantitative estimate of drug-likeness (QED) is 0.314. The van der Waals surface area contributed by atoms with E-state index >= 15 is 0 Å². The maximum Gasteiger partial charge on any atom is 0.419 e. The zero-order valence-corrected chi connectivity index (χ0v) is 19.3. The second-order valence-electron chi connectivity index (χ2n) is 8.58. The number of rotatable bonds is 4. The van der Waals surface area contributed by atoms with Gasteiger partial charge in [0.1, 0.15) is 5.82 Å². The van der Waals surface area contributed by atoms with Crippen molar-refractivity contribution in [3.05, 3.63) is 84.1 Å². The number of aromatic amines is 1. The molecule has 1 aliphatic heterocycles. The largest absolute Gasteiger partial charge is 0.419 e. The minimum atomic E-state index is -4.52. The molecule has 5 nitrogen and oxygen atoms in total. The van der Waals surface area contributed by atoms with Crippen molar-refractivity contribution < 1.29 is 26.3 Å². The van der Waals surface area contributed by atoms with Gasteiger partial charge in [0.25, 0.3) is 0 Å². The number of halogens is 6. The molecule has 2 aromatic heterocycles. The molecule has 1 N–H and O–H groups in total. The molecule has 192 valence electrons. The number of imidazole rings is 1. The number of nitrogens with zero attached hydrogens (tertiary/aromatic N) is 4. The molecular formula is C26H21F6N5. The number of pyridine rings is 1. The lowest BCUT2D eigenvalue weighted by atomic mass is 10.0. The molecule has 0 spiro atoms. The second-order valence-corrected chi connectivity index (χ2v) is 8.58. The Bertz CT molecular complexity index is 1370. The fourth-order valence-electron chi connectivity index (χ4n) is 4.38. The Balaban J connectivity index is 1.45. The van der Waals surface area contributed by atoms with Crippen molar-refractivity contribution in [2.75, 3.05) is 36.0 Å². The highest BCUT2D eigenvalue weighted by Crippen LogP contribution is 2.38. The summed E-state index contributed by atoms with van der Waals surface area (Å²) >= 11 is 0. The van der Waals surface area contributed by atoms with Crippen LogP contribution in [0.5, 0.6) is 0 Å². The summed E-state index contributed by atoms with van der Waals surface area (Å²) in [6.07, 6.45) is -7.69. The number of benzene rings is 2. The van der Waals surface area contributed by atoms with Gasteiger partial charge in [-0.1, -0.05) is 42.5 Å². The van der Waals surface area contributed by atoms with E-state index in [2.05, 4.69) is 15.0 Å². The number of alkyl halides is 6. The molecule has 0 atom stereocenters. The summed E-state index contributed by atoms with van der Waals surface area (Å²) in [6, 6.07) is 16.3. The Kier molecular flexibility index (Phi) is 6.30. The molecular weight excluding hydrogens is 496 g/mol. The molecule has 0 aliphatic carbocycles. The average Bonchev–Trinajstić information content (AvgIpc) is 3.34. The van der Waals surface area contributed by atoms with Crippen LogP contribution in [0.3, 0.4) is 0 Å². The van der Waals surface area contributed by atoms with Gasteiger partial charge in [-0.05, 0) is 24.3 Å². The van der Waals surface area contributed by atoms with E-state index in [1.807, 2.05) is 35.2 Å². The van der Waals surface area contributed by atoms with E-state index in [0.29, 0.717) is 36.0 Å². The van der Waals surface area contributed by atoms with Gasteiger partial charge in [0, 0.05) is 43.5 Å². The fraction of sp³-hybridized carbons (Fsp3) is 0.231. The third kappa shape index (κ3) is 5.11. The lowest BCUT2D eigenvalue weighted by Gasteiger charge is -2.36. The van der Waals surface area contributed by atoms with E-state index in [0.717, 1.165) is 23.8 Å². The van der Waals surface area contributed by atoms with Crippen molar-refractivity contribution in [1.29, 1.82) is 0 Å². The van der Waals surface area contributed by atoms with Crippen LogP contribution in [0.1, 0.15) is 11.1 Å². The minimum absolute atomic E-state index is 0.122. The zero-order chi connectivity index (χ0) is 26.2. The highest BCUT2D eigenvalue weighted by atomic mass is 19.4. The third-order valence-corrected chi connectivity index (χ3v) is 6.19. The van der Waals surface area contributed by atoms with Gasteiger partial charge in [0.2, 0.25) is 5.95 Å². The van der Waals surface area contributed by atoms with Gasteiger partial charge in [0.15, 0.2) is 0 Å². The summed E-state index contributed by atoms with van der Waals surface area (Å²) in [4.78, 5) is 15.3. The van der Waals surface area contributed by atoms with Gasteiger partial charge in [0.05, 0.1) is 22.5 Å². The second kappa shape index (κ2) is 9.45. The number of anilines is 2. The molecule has 0 unspecified atom stereocenters. The lowest BCUT2D eigenvalue weighted by Crippen LogP contribution is -2.47. The molecule has 11 heteroatoms. The molecule has 1 aliphatic rings. The van der Waals surface area contributed by atoms with E-state index in [1.54, 1.807) is 11.0 Å². The van der Waals surface area contributed by atoms with E-state index in [4.69, 9.17) is 0 Å². The Hall–Kier alpha value is -4.02. The third-order valence-electron chi connectivity index (χ3n) is 6.19. The summed E-state index contributed by atoms with van der Waals surface area (Å²) < 4.78 is 80.5. The van der Waals surface area contributed by atoms with E-state index in [9.17, 15) is 26.3 Å². The maximum absolute atomic E-state index is 13.5. The first-order valence-electron chi connectivity index (χ1n) is 11.5. The first kappa shape index (κ1) is 24.7. The van der Waals surface area contributed by atoms with Crippen molar-refractivity contribution in [2.24, 2.45) is 0 Å². The van der Waals surface area contributed by atoms with Crippen molar-refractivity contribution in [2.45, 2.75) is 12.4 Å². The van der Waals surface area contributed by atoms with Crippen molar-refractivity contribution >= 4 is 11.8 Å². The van der Waals surface area contributed by atoms with Crippen LogP contribution < -0.4 is 9.80 Å². The predicted octanol–water partition coefficient (Wildman–Crippen LogP) is 6.50. The standard InChI is InChI=1S/C26H21F6N5/c27-25(28,29)19-9-4-8-18(16-19)22-21(17-6-2-1-3-7-17)34-24(35-22)37-14-12-36(13-15-37)23-20(26(30,31)32)10-5-11-33-23/h1-11,16H,12-15H2,(H,34,35). The van der Waals surface area contributed by atoms with Crippen molar-refractivity contribution in [1.82, 2.24) is 15.0 Å². The van der Waals surface area contributed by atoms with Crippen LogP contribution >= 0.6 is 0 Å². The van der Waals surface area contributed by atoms with Gasteiger partial charge >= 0.3 is 12.4 Å². The van der Waals surface area contributed by atoms with Crippen molar-refractivity contribution in [3.8, 4) is 22.5 Å². The van der Waals surface area contributed by atoms with E-state index in [1.165, 1.54) is 18.3 Å². The van der Waals surface area contributed by atoms with Gasteiger partial charge < -0.3 is 14.8 Å². The zero-order valence-electron chi connectivity index (χ0n) is 19.3. The first-order valence-corrected chi connectivity index (χ1v) is 11.5. The fourth-order valence-corrected chi connectivity index (χ4v) is 4.38. The topological polar surface area (TPSA) is 48.1 Å². The smallest absolute Gasteiger partial charge is 0.353 e. The number of piperazine rings is 1. The van der Waals surface area contributed by atoms with Crippen LogP contribution in [-0.4, -0.2) is 41.1 Å². The Morgan fingerprint density at radius 1 is 0.703 bits per heavy atom. The first-order chi connectivity index (χ1) is 17.6. The highest BCUT2D eigenvalue weighted by molar-refractivity contribution is 5.80. The van der Waals surface area contributed by atoms with Crippen LogP contribution in [-0.2, 0) is 12.4 Å². The summed E-state index contributed by atoms with van der Waals surface area (Å²) in [7, 11) is 0. The highest BCUT2D eigenvalue weighted by Gasteiger charge is 2.36. The molecule has 5 rings (SSSR count). The number of hydrogen-bond donors (Lipinski definition) is 1. The normalized spacial score (nSPS) is 14.8. The van der Waals surface area contributed by atoms with Crippen LogP contribution in [0.2, 0.25) is 0 Å². The van der Waals surface area contributed by atoms with Crippen LogP contribution in [0.25, 0.3) is 22.5 Å². The summed E-state index contributed by atoms with van der Waals surface area (Å²) in [5, 5.41) is 0. The number of H-pyrrole nitrogens is 1. The molecule has 0 radical (unpaired) electrons. The molecule has 0 bridgehead atoms. The summed E-state index contributed by atoms with van der Waals surface area (Å²) in [6.45, 7) is 1.22. The maximum atomic E-state index is 13.5. The molecule has 0 amide bonds. The average molecular weight is 517 g/mol. The van der Waals surface area contributed by atoms with Gasteiger partial charge in [-0.2, -0.15) is 26.3 Å². The monoisotopic (exact) mass is 517 g/mol. The summed E-state index contributed by atoms with van der Waals surface area (Å²) in [5.41, 5.74) is 0.395. The summed E-state index contributed by atoms with van der Waals surface area (Å²) in [5.74, 6) is 0.312. The molecule has 2 aromatic carbocycles. The van der Waals surface area contributed by atoms with Gasteiger partial charge in [-0.15, -0.1) is 0 Å². The van der Waals surface area contributed by atoms with Crippen LogP contribution in [0.4, 0.5) is 38.1 Å². The Morgan fingerprint density at radius 3 is 2.05 bits per heavy atom. The van der Waals surface area contributed by atoms with E-state index < -0.39 is 23.5 Å². The number of hydrogen-bond acceptors (Lipinski definition) is 4. The minimum Gasteiger partial charge on any atom is -0.353 e.